The van der Waals surface area contributed by atoms with Crippen molar-refractivity contribution in [3.05, 3.63) is 65.7 Å². The first-order valence-electron chi connectivity index (χ1n) is 9.41. The highest BCUT2D eigenvalue weighted by Gasteiger charge is 2.69. The number of imide groups is 1. The number of aliphatic hydroxyl groups excluding tert-OH is 1. The van der Waals surface area contributed by atoms with E-state index in [-0.39, 0.29) is 0 Å². The molecule has 0 saturated carbocycles. The highest BCUT2D eigenvalue weighted by Crippen LogP contribution is 2.50. The van der Waals surface area contributed by atoms with Gasteiger partial charge in [-0.15, -0.1) is 0 Å². The fraction of sp³-hybridized carbons (Fsp3) is 0.318. The number of esters is 1. The minimum absolute atomic E-state index is 0.397. The lowest BCUT2D eigenvalue weighted by Crippen LogP contribution is -2.59. The Labute approximate surface area is 168 Å². The topological polar surface area (TPSA) is 95.9 Å². The van der Waals surface area contributed by atoms with Crippen LogP contribution >= 0.6 is 0 Å². The second-order valence-corrected chi connectivity index (χ2v) is 7.45. The van der Waals surface area contributed by atoms with Gasteiger partial charge in [0.15, 0.2) is 5.54 Å². The second kappa shape index (κ2) is 7.09. The van der Waals surface area contributed by atoms with E-state index in [1.54, 1.807) is 30.3 Å². The average molecular weight is 394 g/mol. The molecule has 0 unspecified atom stereocenters. The minimum Gasteiger partial charge on any atom is -0.468 e. The van der Waals surface area contributed by atoms with Crippen LogP contribution in [0.25, 0.3) is 0 Å². The van der Waals surface area contributed by atoms with Gasteiger partial charge in [0.25, 0.3) is 0 Å². The maximum atomic E-state index is 13.4. The Morgan fingerprint density at radius 1 is 1.10 bits per heavy atom. The average Bonchev–Trinajstić information content (AvgIpc) is 3.23. The van der Waals surface area contributed by atoms with Gasteiger partial charge in [-0.25, -0.2) is 9.69 Å². The van der Waals surface area contributed by atoms with Crippen LogP contribution in [-0.2, 0) is 19.1 Å². The lowest BCUT2D eigenvalue weighted by Gasteiger charge is -2.30. The van der Waals surface area contributed by atoms with E-state index in [0.717, 1.165) is 16.0 Å². The van der Waals surface area contributed by atoms with Crippen molar-refractivity contribution in [2.24, 2.45) is 11.8 Å². The number of anilines is 1. The number of hydrogen-bond donors (Lipinski definition) is 2. The van der Waals surface area contributed by atoms with E-state index in [1.165, 1.54) is 7.11 Å². The Morgan fingerprint density at radius 3 is 2.38 bits per heavy atom. The third kappa shape index (κ3) is 2.69. The summed E-state index contributed by atoms with van der Waals surface area (Å²) in [5.74, 6) is -3.59. The molecule has 0 aromatic heterocycles. The van der Waals surface area contributed by atoms with Gasteiger partial charge in [0.05, 0.1) is 31.2 Å². The van der Waals surface area contributed by atoms with Crippen molar-refractivity contribution in [1.29, 1.82) is 0 Å². The number of aryl methyl sites for hydroxylation is 1. The number of para-hydroxylation sites is 1. The molecule has 2 heterocycles. The van der Waals surface area contributed by atoms with Crippen LogP contribution < -0.4 is 10.2 Å². The molecule has 2 aromatic carbocycles. The molecule has 2 aromatic rings. The highest BCUT2D eigenvalue weighted by molar-refractivity contribution is 6.24. The quantitative estimate of drug-likeness (QED) is 0.600. The van der Waals surface area contributed by atoms with E-state index in [0.29, 0.717) is 5.69 Å². The SMILES string of the molecule is COC(=O)[C@@]1(CO)N[C@H](c2ccccc2C)[C@H]2C(=O)N(c3ccccc3)C(=O)[C@H]21. The summed E-state index contributed by atoms with van der Waals surface area (Å²) in [6.07, 6.45) is 0. The Bertz CT molecular complexity index is 976. The van der Waals surface area contributed by atoms with Crippen molar-refractivity contribution in [3.63, 3.8) is 0 Å². The van der Waals surface area contributed by atoms with Gasteiger partial charge in [-0.05, 0) is 30.2 Å². The van der Waals surface area contributed by atoms with E-state index in [9.17, 15) is 19.5 Å². The van der Waals surface area contributed by atoms with Gasteiger partial charge in [0, 0.05) is 6.04 Å². The number of carbonyl (C=O) groups is 3. The molecule has 7 heteroatoms. The molecule has 2 fully saturated rings. The largest absolute Gasteiger partial charge is 0.468 e. The molecule has 0 aliphatic carbocycles. The van der Waals surface area contributed by atoms with Crippen molar-refractivity contribution in [2.45, 2.75) is 18.5 Å². The number of aliphatic hydroxyl groups is 1. The number of nitrogens with one attached hydrogen (secondary N) is 1. The predicted molar refractivity (Wildman–Crippen MR) is 105 cm³/mol. The first-order chi connectivity index (χ1) is 14.0. The van der Waals surface area contributed by atoms with E-state index < -0.39 is 47.8 Å². The number of hydrogen-bond acceptors (Lipinski definition) is 6. The van der Waals surface area contributed by atoms with Crippen LogP contribution in [0, 0.1) is 18.8 Å². The fourth-order valence-corrected chi connectivity index (χ4v) is 4.62. The predicted octanol–water partition coefficient (Wildman–Crippen LogP) is 1.35. The Balaban J connectivity index is 1.88. The first-order valence-corrected chi connectivity index (χ1v) is 9.41. The van der Waals surface area contributed by atoms with E-state index in [1.807, 2.05) is 31.2 Å². The maximum absolute atomic E-state index is 13.4. The van der Waals surface area contributed by atoms with Crippen LogP contribution in [-0.4, -0.2) is 42.1 Å². The molecular formula is C22H22N2O5. The number of methoxy groups -OCH3 is 1. The first kappa shape index (κ1) is 19.3. The van der Waals surface area contributed by atoms with Gasteiger partial charge in [-0.1, -0.05) is 42.5 Å². The van der Waals surface area contributed by atoms with E-state index >= 15 is 0 Å². The van der Waals surface area contributed by atoms with Gasteiger partial charge >= 0.3 is 5.97 Å². The molecule has 150 valence electrons. The molecule has 2 N–H and O–H groups in total. The van der Waals surface area contributed by atoms with Crippen LogP contribution in [0.3, 0.4) is 0 Å². The molecule has 2 aliphatic heterocycles. The monoisotopic (exact) mass is 394 g/mol. The van der Waals surface area contributed by atoms with Crippen molar-refractivity contribution in [1.82, 2.24) is 5.32 Å². The van der Waals surface area contributed by atoms with Crippen LogP contribution in [0.4, 0.5) is 5.69 Å². The third-order valence-electron chi connectivity index (χ3n) is 5.99. The summed E-state index contributed by atoms with van der Waals surface area (Å²) in [5, 5.41) is 13.3. The number of ether oxygens (including phenoxy) is 1. The summed E-state index contributed by atoms with van der Waals surface area (Å²) in [7, 11) is 1.20. The molecular weight excluding hydrogens is 372 g/mol. The summed E-state index contributed by atoms with van der Waals surface area (Å²) < 4.78 is 4.93. The van der Waals surface area contributed by atoms with Crippen LogP contribution in [0.2, 0.25) is 0 Å². The highest BCUT2D eigenvalue weighted by atomic mass is 16.5. The van der Waals surface area contributed by atoms with Crippen LogP contribution in [0.15, 0.2) is 54.6 Å². The maximum Gasteiger partial charge on any atom is 0.329 e. The molecule has 0 radical (unpaired) electrons. The van der Waals surface area contributed by atoms with Gasteiger partial charge in [-0.3, -0.25) is 14.9 Å². The zero-order valence-corrected chi connectivity index (χ0v) is 16.2. The molecule has 7 nitrogen and oxygen atoms in total. The fourth-order valence-electron chi connectivity index (χ4n) is 4.62. The number of carbonyl (C=O) groups excluding carboxylic acids is 3. The Kier molecular flexibility index (Phi) is 4.72. The van der Waals surface area contributed by atoms with E-state index in [4.69, 9.17) is 4.74 Å². The molecule has 2 amide bonds. The van der Waals surface area contributed by atoms with Crippen molar-refractivity contribution in [3.8, 4) is 0 Å². The zero-order valence-electron chi connectivity index (χ0n) is 16.2. The number of benzene rings is 2. The van der Waals surface area contributed by atoms with Crippen molar-refractivity contribution in [2.75, 3.05) is 18.6 Å². The summed E-state index contributed by atoms with van der Waals surface area (Å²) >= 11 is 0. The number of rotatable bonds is 4. The number of amides is 2. The van der Waals surface area contributed by atoms with E-state index in [2.05, 4.69) is 5.32 Å². The van der Waals surface area contributed by atoms with Crippen LogP contribution in [0.5, 0.6) is 0 Å². The summed E-state index contributed by atoms with van der Waals surface area (Å²) in [4.78, 5) is 40.7. The smallest absolute Gasteiger partial charge is 0.329 e. The summed E-state index contributed by atoms with van der Waals surface area (Å²) in [6, 6.07) is 15.5. The van der Waals surface area contributed by atoms with Crippen molar-refractivity contribution < 1.29 is 24.2 Å². The Hall–Kier alpha value is -3.03. The molecule has 0 spiro atoms. The number of nitrogens with zero attached hydrogens (tertiary/aromatic N) is 1. The van der Waals surface area contributed by atoms with Gasteiger partial charge in [-0.2, -0.15) is 0 Å². The van der Waals surface area contributed by atoms with Crippen LogP contribution in [0.1, 0.15) is 17.2 Å². The van der Waals surface area contributed by atoms with Gasteiger partial charge in [0.1, 0.15) is 0 Å². The number of fused-ring (bicyclic) bond motifs is 1. The lowest BCUT2D eigenvalue weighted by atomic mass is 9.79. The second-order valence-electron chi connectivity index (χ2n) is 7.45. The third-order valence-corrected chi connectivity index (χ3v) is 5.99. The van der Waals surface area contributed by atoms with Crippen molar-refractivity contribution >= 4 is 23.5 Å². The summed E-state index contributed by atoms with van der Waals surface area (Å²) in [6.45, 7) is 1.24. The standard InChI is InChI=1S/C22H22N2O5/c1-13-8-6-7-11-15(13)18-16-17(22(12-25,23-18)21(28)29-2)20(27)24(19(16)26)14-9-4-3-5-10-14/h3-11,16-18,23,25H,12H2,1-2H3/t16-,17-,18+,22-/m0/s1. The minimum atomic E-state index is -1.69. The molecule has 4 atom stereocenters. The lowest BCUT2D eigenvalue weighted by molar-refractivity contribution is -0.154. The Morgan fingerprint density at radius 2 is 1.76 bits per heavy atom. The molecule has 2 aliphatic rings. The van der Waals surface area contributed by atoms with Gasteiger partial charge < -0.3 is 9.84 Å². The normalized spacial score (nSPS) is 28.5. The molecule has 2 saturated heterocycles. The molecule has 29 heavy (non-hydrogen) atoms. The molecule has 0 bridgehead atoms. The van der Waals surface area contributed by atoms with Gasteiger partial charge in [0.2, 0.25) is 11.8 Å². The molecule has 4 rings (SSSR count). The summed E-state index contributed by atoms with van der Waals surface area (Å²) in [5.41, 5.74) is 0.471. The zero-order chi connectivity index (χ0) is 20.8.